The first-order valence-electron chi connectivity index (χ1n) is 8.30. The summed E-state index contributed by atoms with van der Waals surface area (Å²) in [5.41, 5.74) is 6.63. The van der Waals surface area contributed by atoms with Crippen LogP contribution >= 0.6 is 0 Å². The Kier molecular flexibility index (Phi) is 4.09. The fourth-order valence-electron chi connectivity index (χ4n) is 3.30. The third-order valence-electron chi connectivity index (χ3n) is 4.50. The van der Waals surface area contributed by atoms with Crippen LogP contribution in [0.1, 0.15) is 22.6 Å². The highest BCUT2D eigenvalue weighted by atomic mass is 16.3. The Hall–Kier alpha value is -2.53. The number of aryl methyl sites for hydroxylation is 1. The van der Waals surface area contributed by atoms with E-state index in [0.29, 0.717) is 0 Å². The summed E-state index contributed by atoms with van der Waals surface area (Å²) in [6.07, 6.45) is 6.99. The molecule has 3 aromatic heterocycles. The van der Waals surface area contributed by atoms with Gasteiger partial charge in [-0.25, -0.2) is 9.97 Å². The molecule has 1 aliphatic rings. The Bertz CT molecular complexity index is 829. The second-order valence-corrected chi connectivity index (χ2v) is 6.21. The molecule has 3 aromatic rings. The zero-order valence-electron chi connectivity index (χ0n) is 13.8. The zero-order valence-corrected chi connectivity index (χ0v) is 13.8. The molecule has 0 bridgehead atoms. The largest absolute Gasteiger partial charge is 0.472 e. The maximum Gasteiger partial charge on any atom is 0.116 e. The molecular weight excluding hydrogens is 300 g/mol. The number of fused-ring (bicyclic) bond motifs is 1. The highest BCUT2D eigenvalue weighted by Gasteiger charge is 2.20. The van der Waals surface area contributed by atoms with Crippen LogP contribution in [0, 0.1) is 6.92 Å². The summed E-state index contributed by atoms with van der Waals surface area (Å²) < 4.78 is 5.22. The highest BCUT2D eigenvalue weighted by Crippen LogP contribution is 2.26. The summed E-state index contributed by atoms with van der Waals surface area (Å²) in [5.74, 6) is 0. The van der Waals surface area contributed by atoms with Crippen molar-refractivity contribution in [1.82, 2.24) is 19.9 Å². The standard InChI is InChI=1S/C19H20N4O/c1-14-3-2-4-16(22-14)11-23-8-5-17-18(6-9-23)20-13-21-19(17)15-7-10-24-12-15/h2-4,7,10,12-13H,5-6,8-9,11H2,1H3. The van der Waals surface area contributed by atoms with Crippen molar-refractivity contribution in [3.8, 4) is 11.3 Å². The van der Waals surface area contributed by atoms with Gasteiger partial charge in [0.15, 0.2) is 0 Å². The van der Waals surface area contributed by atoms with Crippen LogP contribution in [0.2, 0.25) is 0 Å². The summed E-state index contributed by atoms with van der Waals surface area (Å²) in [7, 11) is 0. The van der Waals surface area contributed by atoms with Gasteiger partial charge in [0, 0.05) is 48.6 Å². The molecule has 1 aliphatic heterocycles. The summed E-state index contributed by atoms with van der Waals surface area (Å²) >= 11 is 0. The van der Waals surface area contributed by atoms with Gasteiger partial charge in [0.25, 0.3) is 0 Å². The molecule has 0 atom stereocenters. The second-order valence-electron chi connectivity index (χ2n) is 6.21. The normalized spacial score (nSPS) is 15.0. The molecule has 24 heavy (non-hydrogen) atoms. The summed E-state index contributed by atoms with van der Waals surface area (Å²) in [5, 5.41) is 0. The second kappa shape index (κ2) is 6.53. The van der Waals surface area contributed by atoms with Gasteiger partial charge < -0.3 is 4.42 Å². The van der Waals surface area contributed by atoms with Crippen molar-refractivity contribution in [2.75, 3.05) is 13.1 Å². The van der Waals surface area contributed by atoms with Gasteiger partial charge in [-0.2, -0.15) is 0 Å². The average Bonchev–Trinajstić information content (AvgIpc) is 3.04. The monoisotopic (exact) mass is 320 g/mol. The summed E-state index contributed by atoms with van der Waals surface area (Å²) in [4.78, 5) is 16.1. The van der Waals surface area contributed by atoms with Gasteiger partial charge in [-0.05, 0) is 31.5 Å². The van der Waals surface area contributed by atoms with Crippen LogP contribution in [0.15, 0.2) is 47.5 Å². The lowest BCUT2D eigenvalue weighted by atomic mass is 10.0. The lowest BCUT2D eigenvalue weighted by Crippen LogP contribution is -2.26. The Balaban J connectivity index is 1.55. The van der Waals surface area contributed by atoms with Crippen LogP contribution < -0.4 is 0 Å². The molecule has 4 heterocycles. The molecule has 5 heteroatoms. The molecule has 0 N–H and O–H groups in total. The Morgan fingerprint density at radius 1 is 1.12 bits per heavy atom. The van der Waals surface area contributed by atoms with E-state index in [0.717, 1.165) is 60.8 Å². The van der Waals surface area contributed by atoms with Crippen molar-refractivity contribution in [2.45, 2.75) is 26.3 Å². The SMILES string of the molecule is Cc1cccc(CN2CCc3ncnc(-c4ccoc4)c3CC2)n1. The van der Waals surface area contributed by atoms with Crippen molar-refractivity contribution < 1.29 is 4.42 Å². The van der Waals surface area contributed by atoms with E-state index in [-0.39, 0.29) is 0 Å². The van der Waals surface area contributed by atoms with Gasteiger partial charge in [0.05, 0.1) is 23.9 Å². The first-order chi connectivity index (χ1) is 11.8. The number of aromatic nitrogens is 3. The lowest BCUT2D eigenvalue weighted by molar-refractivity contribution is 0.275. The molecular formula is C19H20N4O. The molecule has 0 unspecified atom stereocenters. The molecule has 4 rings (SSSR count). The van der Waals surface area contributed by atoms with Crippen molar-refractivity contribution in [3.63, 3.8) is 0 Å². The topological polar surface area (TPSA) is 55.1 Å². The van der Waals surface area contributed by atoms with Crippen molar-refractivity contribution in [2.24, 2.45) is 0 Å². The number of hydrogen-bond donors (Lipinski definition) is 0. The molecule has 0 saturated carbocycles. The minimum Gasteiger partial charge on any atom is -0.472 e. The van der Waals surface area contributed by atoms with Crippen LogP contribution in [0.25, 0.3) is 11.3 Å². The minimum atomic E-state index is 0.879. The van der Waals surface area contributed by atoms with Gasteiger partial charge in [0.2, 0.25) is 0 Å². The quantitative estimate of drug-likeness (QED) is 0.742. The van der Waals surface area contributed by atoms with Crippen molar-refractivity contribution in [1.29, 1.82) is 0 Å². The van der Waals surface area contributed by atoms with E-state index < -0.39 is 0 Å². The van der Waals surface area contributed by atoms with E-state index in [4.69, 9.17) is 4.42 Å². The fraction of sp³-hybridized carbons (Fsp3) is 0.316. The molecule has 0 aliphatic carbocycles. The average molecular weight is 320 g/mol. The molecule has 0 amide bonds. The van der Waals surface area contributed by atoms with E-state index in [1.165, 1.54) is 5.56 Å². The zero-order chi connectivity index (χ0) is 16.4. The molecule has 0 aromatic carbocycles. The number of furan rings is 1. The minimum absolute atomic E-state index is 0.879. The van der Waals surface area contributed by atoms with Crippen LogP contribution in [-0.4, -0.2) is 32.9 Å². The summed E-state index contributed by atoms with van der Waals surface area (Å²) in [6.45, 7) is 4.89. The summed E-state index contributed by atoms with van der Waals surface area (Å²) in [6, 6.07) is 8.17. The predicted molar refractivity (Wildman–Crippen MR) is 91.4 cm³/mol. The number of pyridine rings is 1. The van der Waals surface area contributed by atoms with Crippen molar-refractivity contribution in [3.05, 3.63) is 65.8 Å². The third-order valence-corrected chi connectivity index (χ3v) is 4.50. The van der Waals surface area contributed by atoms with E-state index in [2.05, 4.69) is 32.0 Å². The van der Waals surface area contributed by atoms with Gasteiger partial charge in [-0.15, -0.1) is 0 Å². The Morgan fingerprint density at radius 2 is 2.04 bits per heavy atom. The van der Waals surface area contributed by atoms with Crippen molar-refractivity contribution >= 4 is 0 Å². The Labute approximate surface area is 141 Å². The van der Waals surface area contributed by atoms with E-state index in [1.54, 1.807) is 18.9 Å². The van der Waals surface area contributed by atoms with Crippen LogP contribution in [-0.2, 0) is 19.4 Å². The first-order valence-corrected chi connectivity index (χ1v) is 8.30. The lowest BCUT2D eigenvalue weighted by Gasteiger charge is -2.19. The number of nitrogens with zero attached hydrogens (tertiary/aromatic N) is 4. The third kappa shape index (κ3) is 3.08. The van der Waals surface area contributed by atoms with Gasteiger partial charge in [0.1, 0.15) is 6.33 Å². The maximum absolute atomic E-state index is 5.22. The highest BCUT2D eigenvalue weighted by molar-refractivity contribution is 5.62. The molecule has 0 spiro atoms. The molecule has 0 saturated heterocycles. The van der Waals surface area contributed by atoms with Gasteiger partial charge in [-0.3, -0.25) is 9.88 Å². The molecule has 122 valence electrons. The fourth-order valence-corrected chi connectivity index (χ4v) is 3.30. The number of hydrogen-bond acceptors (Lipinski definition) is 5. The van der Waals surface area contributed by atoms with Crippen LogP contribution in [0.5, 0.6) is 0 Å². The molecule has 0 fully saturated rings. The smallest absolute Gasteiger partial charge is 0.116 e. The van der Waals surface area contributed by atoms with Gasteiger partial charge in [-0.1, -0.05) is 6.07 Å². The van der Waals surface area contributed by atoms with E-state index in [1.807, 2.05) is 19.1 Å². The molecule has 0 radical (unpaired) electrons. The molecule has 5 nitrogen and oxygen atoms in total. The van der Waals surface area contributed by atoms with Crippen LogP contribution in [0.4, 0.5) is 0 Å². The maximum atomic E-state index is 5.22. The van der Waals surface area contributed by atoms with Crippen LogP contribution in [0.3, 0.4) is 0 Å². The first kappa shape index (κ1) is 15.0. The number of rotatable bonds is 3. The predicted octanol–water partition coefficient (Wildman–Crippen LogP) is 3.04. The Morgan fingerprint density at radius 3 is 2.88 bits per heavy atom. The van der Waals surface area contributed by atoms with E-state index in [9.17, 15) is 0 Å². The van der Waals surface area contributed by atoms with E-state index >= 15 is 0 Å². The van der Waals surface area contributed by atoms with Gasteiger partial charge >= 0.3 is 0 Å².